The fourth-order valence-corrected chi connectivity index (χ4v) is 17.7. The van der Waals surface area contributed by atoms with Gasteiger partial charge in [0.1, 0.15) is 0 Å². The normalized spacial score (nSPS) is 13.5. The molecule has 10 aromatic rings. The van der Waals surface area contributed by atoms with Crippen LogP contribution in [0.4, 0.5) is 0 Å². The van der Waals surface area contributed by atoms with Gasteiger partial charge in [-0.1, -0.05) is 183 Å². The van der Waals surface area contributed by atoms with Crippen molar-refractivity contribution in [2.75, 3.05) is 6.54 Å². The van der Waals surface area contributed by atoms with Gasteiger partial charge in [0.2, 0.25) is 0 Å². The summed E-state index contributed by atoms with van der Waals surface area (Å²) in [5.74, 6) is 0. The third-order valence-corrected chi connectivity index (χ3v) is 22.7. The van der Waals surface area contributed by atoms with E-state index in [0.717, 1.165) is 134 Å². The molecule has 0 unspecified atom stereocenters. The Labute approximate surface area is 491 Å². The number of nitrogens with zero attached hydrogens (tertiary/aromatic N) is 1. The summed E-state index contributed by atoms with van der Waals surface area (Å²) < 4.78 is 31.4. The Morgan fingerprint density at radius 2 is 1.17 bits per heavy atom. The highest BCUT2D eigenvalue weighted by Crippen LogP contribution is 2.57. The number of nitrogens with one attached hydrogen (secondary N) is 2. The highest BCUT2D eigenvalue weighted by atomic mass is 32.1. The summed E-state index contributed by atoms with van der Waals surface area (Å²) in [5, 5.41) is 17.6. The maximum atomic E-state index is 15.1. The summed E-state index contributed by atoms with van der Waals surface area (Å²) in [5.41, 5.74) is 19.5. The van der Waals surface area contributed by atoms with E-state index < -0.39 is 14.3 Å². The van der Waals surface area contributed by atoms with Gasteiger partial charge < -0.3 is 25.6 Å². The molecule has 406 valence electrons. The van der Waals surface area contributed by atoms with E-state index in [9.17, 15) is 0 Å². The van der Waals surface area contributed by atoms with Gasteiger partial charge in [-0.25, -0.2) is 0 Å². The second-order valence-corrected chi connectivity index (χ2v) is 27.1. The Hall–Kier alpha value is -9.22. The van der Waals surface area contributed by atoms with Gasteiger partial charge in [-0.3, -0.25) is 4.98 Å². The molecule has 2 aromatic heterocycles. The van der Waals surface area contributed by atoms with Crippen LogP contribution in [0.25, 0.3) is 66.3 Å². The van der Waals surface area contributed by atoms with Crippen LogP contribution in [0.5, 0.6) is 0 Å². The number of hydrogen-bond acceptors (Lipinski definition) is 7. The molecule has 0 radical (unpaired) electrons. The van der Waals surface area contributed by atoms with E-state index in [0.29, 0.717) is 0 Å². The highest BCUT2D eigenvalue weighted by Gasteiger charge is 2.35. The monoisotopic (exact) mass is 1130 g/mol. The molecule has 0 bridgehead atoms. The Balaban J connectivity index is 0.000000174. The summed E-state index contributed by atoms with van der Waals surface area (Å²) in [4.78, 5) is 5.63. The van der Waals surface area contributed by atoms with Crippen molar-refractivity contribution in [3.63, 3.8) is 0 Å². The van der Waals surface area contributed by atoms with Gasteiger partial charge in [0.05, 0.1) is 0 Å². The van der Waals surface area contributed by atoms with Gasteiger partial charge in [-0.05, 0) is 177 Å². The first kappa shape index (κ1) is 55.7. The zero-order valence-electron chi connectivity index (χ0n) is 46.1. The van der Waals surface area contributed by atoms with E-state index in [2.05, 4.69) is 127 Å². The maximum Gasteiger partial charge on any atom is 0.171 e. The minimum Gasteiger partial charge on any atom is -0.405 e. The molecule has 0 spiro atoms. The van der Waals surface area contributed by atoms with Crippen LogP contribution in [0.15, 0.2) is 285 Å². The molecule has 83 heavy (non-hydrogen) atoms. The van der Waals surface area contributed by atoms with Crippen molar-refractivity contribution in [3.8, 4) is 33.4 Å². The van der Waals surface area contributed by atoms with Crippen molar-refractivity contribution < 1.29 is 9.13 Å². The van der Waals surface area contributed by atoms with Crippen molar-refractivity contribution in [3.05, 3.63) is 313 Å². The third kappa shape index (κ3) is 11.8. The lowest BCUT2D eigenvalue weighted by Gasteiger charge is -2.25. The number of dihydropyridines is 1. The van der Waals surface area contributed by atoms with Crippen LogP contribution >= 0.6 is 25.6 Å². The predicted molar refractivity (Wildman–Crippen MR) is 357 cm³/mol. The number of rotatable bonds is 15. The van der Waals surface area contributed by atoms with Crippen LogP contribution in [0, 0.1) is 5.41 Å². The second kappa shape index (κ2) is 25.3. The lowest BCUT2D eigenvalue weighted by Crippen LogP contribution is -2.24. The molecule has 12 rings (SSSR count). The summed E-state index contributed by atoms with van der Waals surface area (Å²) in [6.07, 6.45) is 24.2. The Morgan fingerprint density at radius 3 is 1.73 bits per heavy atom. The number of thiophene rings is 1. The zero-order valence-corrected chi connectivity index (χ0v) is 48.7. The summed E-state index contributed by atoms with van der Waals surface area (Å²) in [6, 6.07) is 71.4. The smallest absolute Gasteiger partial charge is 0.171 e. The van der Waals surface area contributed by atoms with Crippen molar-refractivity contribution in [2.24, 2.45) is 5.73 Å². The molecule has 0 atom stereocenters. The van der Waals surface area contributed by atoms with E-state index in [4.69, 9.17) is 11.1 Å². The second-order valence-electron chi connectivity index (χ2n) is 20.4. The zero-order chi connectivity index (χ0) is 57.2. The molecule has 1 aliphatic heterocycles. The van der Waals surface area contributed by atoms with Crippen molar-refractivity contribution >= 4 is 91.2 Å². The SMILES string of the molecule is C=C/C=C(\C=N)c1cc(-c2cccnc2)cc(-c2cccc(-c3cc(C4=CNCC=C4)cc(/C(C)=C/C=C\N)c3)c2)c1.O=P(C1=Cc2c(sc3ccc(P(=O)(c4ccccc4)c4ccccc4)cc23)CC1)(c1ccccc1)c1ccccc1. The molecule has 8 aromatic carbocycles. The van der Waals surface area contributed by atoms with Gasteiger partial charge in [0, 0.05) is 78.4 Å². The minimum atomic E-state index is -3.11. The minimum absolute atomic E-state index is 0.750. The average molecular weight is 1130 g/mol. The van der Waals surface area contributed by atoms with E-state index in [1.807, 2.05) is 158 Å². The number of aryl methyl sites for hydroxylation is 1. The van der Waals surface area contributed by atoms with Crippen LogP contribution in [0.1, 0.15) is 40.5 Å². The first-order valence-corrected chi connectivity index (χ1v) is 31.9. The molecule has 3 heterocycles. The molecule has 2 aliphatic rings. The van der Waals surface area contributed by atoms with Crippen LogP contribution < -0.4 is 37.6 Å². The molecule has 0 saturated heterocycles. The molecule has 0 amide bonds. The molecule has 0 saturated carbocycles. The summed E-state index contributed by atoms with van der Waals surface area (Å²) in [6.45, 7) is 6.78. The predicted octanol–water partition coefficient (Wildman–Crippen LogP) is 16.5. The molecule has 6 nitrogen and oxygen atoms in total. The fourth-order valence-electron chi connectivity index (χ4n) is 10.9. The number of aromatic nitrogens is 1. The van der Waals surface area contributed by atoms with E-state index in [1.54, 1.807) is 29.8 Å². The van der Waals surface area contributed by atoms with Gasteiger partial charge in [0.25, 0.3) is 0 Å². The highest BCUT2D eigenvalue weighted by molar-refractivity contribution is 7.85. The summed E-state index contributed by atoms with van der Waals surface area (Å²) >= 11 is 1.79. The third-order valence-electron chi connectivity index (χ3n) is 15.2. The van der Waals surface area contributed by atoms with Gasteiger partial charge >= 0.3 is 0 Å². The fraction of sp³-hybridized carbons (Fsp3) is 0.0541. The van der Waals surface area contributed by atoms with Gasteiger partial charge in [-0.15, -0.1) is 11.3 Å². The average Bonchev–Trinajstić information content (AvgIpc) is 4.06. The number of pyridine rings is 1. The van der Waals surface area contributed by atoms with E-state index in [-0.39, 0.29) is 0 Å². The number of allylic oxidation sites excluding steroid dienone is 9. The van der Waals surface area contributed by atoms with Crippen molar-refractivity contribution in [2.45, 2.75) is 19.8 Å². The molecule has 9 heteroatoms. The standard InChI is InChI=1S/C38H34N4.C36H28O2P2S/c1-3-8-30(24-40)36-20-35(22-38(23-36)32-13-7-16-42-26-32)29-11-4-10-28(17-29)34-18-33(27(2)9-5-14-39)19-37(21-34)31-12-6-15-41-25-31;37-39(27-13-5-1-6-14-27,28-15-7-2-8-16-28)31-21-23-35-33(25-31)34-26-32(22-24-36(34)41-35)40(38,29-17-9-3-10-18-29)30-19-11-4-12-20-30/h3-14,16-26,40-41H,1,15,39H2,2H3;1-21,23,25-26H,22,24H2/b14-5-,27-9+,30-8+,40-24?;. The van der Waals surface area contributed by atoms with Gasteiger partial charge in [0.15, 0.2) is 14.3 Å². The topological polar surface area (TPSA) is 109 Å². The lowest BCUT2D eigenvalue weighted by molar-refractivity contribution is 0.589. The van der Waals surface area contributed by atoms with Crippen LogP contribution in [0.2, 0.25) is 0 Å². The molecule has 4 N–H and O–H groups in total. The molecular formula is C74H62N4O2P2S. The van der Waals surface area contributed by atoms with Gasteiger partial charge in [-0.2, -0.15) is 0 Å². The van der Waals surface area contributed by atoms with Crippen molar-refractivity contribution in [1.29, 1.82) is 5.41 Å². The number of hydrogen-bond donors (Lipinski definition) is 3. The van der Waals surface area contributed by atoms with Crippen LogP contribution in [-0.2, 0) is 15.6 Å². The Morgan fingerprint density at radius 1 is 0.602 bits per heavy atom. The quantitative estimate of drug-likeness (QED) is 0.0538. The largest absolute Gasteiger partial charge is 0.405 e. The van der Waals surface area contributed by atoms with E-state index in [1.165, 1.54) is 11.1 Å². The summed E-state index contributed by atoms with van der Waals surface area (Å²) in [7, 11) is -6.14. The number of nitrogens with two attached hydrogens (primary N) is 1. The first-order chi connectivity index (χ1) is 40.7. The number of benzene rings is 8. The number of fused-ring (bicyclic) bond motifs is 3. The molecule has 0 fully saturated rings. The van der Waals surface area contributed by atoms with Crippen molar-refractivity contribution in [1.82, 2.24) is 10.3 Å². The Bertz CT molecular complexity index is 4230. The Kier molecular flexibility index (Phi) is 17.0. The molecule has 1 aliphatic carbocycles. The van der Waals surface area contributed by atoms with Crippen LogP contribution in [-0.4, -0.2) is 17.7 Å². The first-order valence-electron chi connectivity index (χ1n) is 27.7. The maximum absolute atomic E-state index is 15.1. The van der Waals surface area contributed by atoms with E-state index >= 15 is 9.13 Å². The van der Waals surface area contributed by atoms with Crippen LogP contribution in [0.3, 0.4) is 0 Å². The molecular weight excluding hydrogens is 1070 g/mol. The lowest BCUT2D eigenvalue weighted by atomic mass is 9.90.